The molecule has 1 aromatic carbocycles. The van der Waals surface area contributed by atoms with E-state index in [1.807, 2.05) is 6.92 Å². The number of hydrogen-bond acceptors (Lipinski definition) is 4. The van der Waals surface area contributed by atoms with Gasteiger partial charge in [-0.3, -0.25) is 9.59 Å². The smallest absolute Gasteiger partial charge is 0.307 e. The number of carboxylic acids is 1. The Morgan fingerprint density at radius 2 is 1.83 bits per heavy atom. The van der Waals surface area contributed by atoms with Crippen molar-refractivity contribution in [3.05, 3.63) is 29.8 Å². The molecule has 0 fully saturated rings. The summed E-state index contributed by atoms with van der Waals surface area (Å²) in [7, 11) is 0. The Hall–Kier alpha value is -1.49. The third kappa shape index (κ3) is 4.07. The molecule has 2 unspecified atom stereocenters. The Bertz CT molecular complexity index is 427. The highest BCUT2D eigenvalue weighted by Crippen LogP contribution is 2.28. The second-order valence-corrected chi connectivity index (χ2v) is 5.32. The van der Waals surface area contributed by atoms with Crippen LogP contribution in [0.5, 0.6) is 5.75 Å². The molecular weight excluding hydrogens is 252 g/mol. The molecule has 2 N–H and O–H groups in total. The lowest BCUT2D eigenvalue weighted by Crippen LogP contribution is -2.23. The molecular formula is C13H16O4S. The van der Waals surface area contributed by atoms with Gasteiger partial charge in [0, 0.05) is 12.7 Å². The molecule has 0 aliphatic heterocycles. The van der Waals surface area contributed by atoms with E-state index in [-0.39, 0.29) is 22.5 Å². The van der Waals surface area contributed by atoms with E-state index in [0.29, 0.717) is 0 Å². The Morgan fingerprint density at radius 3 is 2.28 bits per heavy atom. The topological polar surface area (TPSA) is 74.6 Å². The van der Waals surface area contributed by atoms with Crippen LogP contribution in [0.25, 0.3) is 0 Å². The van der Waals surface area contributed by atoms with Gasteiger partial charge in [-0.25, -0.2) is 0 Å². The maximum absolute atomic E-state index is 11.2. The van der Waals surface area contributed by atoms with Crippen LogP contribution in [0.15, 0.2) is 24.3 Å². The Balaban J connectivity index is 2.81. The summed E-state index contributed by atoms with van der Waals surface area (Å²) in [6.07, 6.45) is 0. The zero-order valence-electron chi connectivity index (χ0n) is 10.3. The van der Waals surface area contributed by atoms with Gasteiger partial charge >= 0.3 is 5.97 Å². The molecule has 0 aliphatic rings. The summed E-state index contributed by atoms with van der Waals surface area (Å²) in [5.74, 6) is -1.34. The van der Waals surface area contributed by atoms with Gasteiger partial charge in [-0.05, 0) is 23.6 Å². The van der Waals surface area contributed by atoms with Crippen molar-refractivity contribution >= 4 is 22.8 Å². The lowest BCUT2D eigenvalue weighted by Gasteiger charge is -2.19. The van der Waals surface area contributed by atoms with Gasteiger partial charge in [0.25, 0.3) is 0 Å². The molecule has 0 spiro atoms. The highest BCUT2D eigenvalue weighted by molar-refractivity contribution is 8.13. The number of thioether (sulfide) groups is 1. The first-order chi connectivity index (χ1) is 8.41. The Morgan fingerprint density at radius 1 is 1.28 bits per heavy atom. The quantitative estimate of drug-likeness (QED) is 0.858. The number of hydrogen-bond donors (Lipinski definition) is 2. The van der Waals surface area contributed by atoms with Crippen LogP contribution in [0.4, 0.5) is 0 Å². The van der Waals surface area contributed by atoms with Crippen LogP contribution in [0.3, 0.4) is 0 Å². The molecule has 4 nitrogen and oxygen atoms in total. The SMILES string of the molecule is CC(=O)SCC(C(=O)O)C(C)c1ccc(O)cc1. The summed E-state index contributed by atoms with van der Waals surface area (Å²) in [6.45, 7) is 3.24. The molecule has 0 aromatic heterocycles. The van der Waals surface area contributed by atoms with Crippen LogP contribution >= 0.6 is 11.8 Å². The summed E-state index contributed by atoms with van der Waals surface area (Å²) < 4.78 is 0. The molecule has 0 aliphatic carbocycles. The van der Waals surface area contributed by atoms with Crippen molar-refractivity contribution in [2.75, 3.05) is 5.75 Å². The van der Waals surface area contributed by atoms with Crippen molar-refractivity contribution in [2.24, 2.45) is 5.92 Å². The van der Waals surface area contributed by atoms with E-state index in [4.69, 9.17) is 0 Å². The van der Waals surface area contributed by atoms with Gasteiger partial charge in [0.1, 0.15) is 5.75 Å². The average Bonchev–Trinajstić information content (AvgIpc) is 2.29. The number of carbonyl (C=O) groups excluding carboxylic acids is 1. The first-order valence-electron chi connectivity index (χ1n) is 5.57. The fraction of sp³-hybridized carbons (Fsp3) is 0.385. The van der Waals surface area contributed by atoms with E-state index >= 15 is 0 Å². The van der Waals surface area contributed by atoms with E-state index in [1.165, 1.54) is 19.1 Å². The van der Waals surface area contributed by atoms with Crippen molar-refractivity contribution in [3.8, 4) is 5.75 Å². The fourth-order valence-electron chi connectivity index (χ4n) is 1.65. The molecule has 1 rings (SSSR count). The average molecular weight is 268 g/mol. The third-order valence-electron chi connectivity index (χ3n) is 2.81. The van der Waals surface area contributed by atoms with Crippen LogP contribution in [-0.4, -0.2) is 27.1 Å². The minimum Gasteiger partial charge on any atom is -0.508 e. The molecule has 0 amide bonds. The summed E-state index contributed by atoms with van der Waals surface area (Å²) >= 11 is 1.02. The highest BCUT2D eigenvalue weighted by Gasteiger charge is 2.26. The van der Waals surface area contributed by atoms with E-state index in [1.54, 1.807) is 12.1 Å². The second-order valence-electron chi connectivity index (χ2n) is 4.13. The lowest BCUT2D eigenvalue weighted by atomic mass is 9.89. The molecule has 18 heavy (non-hydrogen) atoms. The number of phenols is 1. The largest absolute Gasteiger partial charge is 0.508 e. The van der Waals surface area contributed by atoms with Gasteiger partial charge in [0.15, 0.2) is 5.12 Å². The number of rotatable bonds is 5. The van der Waals surface area contributed by atoms with Gasteiger partial charge in [0.2, 0.25) is 0 Å². The molecule has 1 aromatic rings. The zero-order valence-corrected chi connectivity index (χ0v) is 11.1. The minimum atomic E-state index is -0.913. The number of carbonyl (C=O) groups is 2. The third-order valence-corrected chi connectivity index (χ3v) is 3.74. The van der Waals surface area contributed by atoms with Crippen molar-refractivity contribution in [1.29, 1.82) is 0 Å². The number of phenolic OH excluding ortho intramolecular Hbond substituents is 1. The number of carboxylic acid groups (broad SMARTS) is 1. The summed E-state index contributed by atoms with van der Waals surface area (Å²) in [5.41, 5.74) is 0.837. The molecule has 0 saturated heterocycles. The molecule has 0 bridgehead atoms. The molecule has 98 valence electrons. The van der Waals surface area contributed by atoms with E-state index in [2.05, 4.69) is 0 Å². The van der Waals surface area contributed by atoms with Gasteiger partial charge < -0.3 is 10.2 Å². The van der Waals surface area contributed by atoms with Crippen molar-refractivity contribution in [2.45, 2.75) is 19.8 Å². The van der Waals surface area contributed by atoms with Crippen LogP contribution in [0.2, 0.25) is 0 Å². The highest BCUT2D eigenvalue weighted by atomic mass is 32.2. The normalized spacial score (nSPS) is 13.9. The summed E-state index contributed by atoms with van der Waals surface area (Å²) in [5, 5.41) is 18.3. The molecule has 0 heterocycles. The summed E-state index contributed by atoms with van der Waals surface area (Å²) in [4.78, 5) is 22.1. The molecule has 2 atom stereocenters. The standard InChI is InChI=1S/C13H16O4S/c1-8(10-3-5-11(15)6-4-10)12(13(16)17)7-18-9(2)14/h3-6,8,12,15H,7H2,1-2H3,(H,16,17). The number of aromatic hydroxyl groups is 1. The fourth-order valence-corrected chi connectivity index (χ4v) is 2.49. The van der Waals surface area contributed by atoms with E-state index in [9.17, 15) is 19.8 Å². The van der Waals surface area contributed by atoms with Gasteiger partial charge in [-0.2, -0.15) is 0 Å². The molecule has 5 heteroatoms. The van der Waals surface area contributed by atoms with Crippen LogP contribution in [-0.2, 0) is 9.59 Å². The predicted molar refractivity (Wildman–Crippen MR) is 70.8 cm³/mol. The van der Waals surface area contributed by atoms with Crippen molar-refractivity contribution in [1.82, 2.24) is 0 Å². The second kappa shape index (κ2) is 6.44. The van der Waals surface area contributed by atoms with E-state index in [0.717, 1.165) is 17.3 Å². The van der Waals surface area contributed by atoms with Gasteiger partial charge in [-0.1, -0.05) is 30.8 Å². The number of benzene rings is 1. The Labute approximate surface area is 110 Å². The van der Waals surface area contributed by atoms with Crippen LogP contribution in [0.1, 0.15) is 25.3 Å². The predicted octanol–water partition coefficient (Wildman–Crippen LogP) is 2.48. The summed E-state index contributed by atoms with van der Waals surface area (Å²) in [6, 6.07) is 6.47. The molecule has 0 saturated carbocycles. The first kappa shape index (κ1) is 14.6. The van der Waals surface area contributed by atoms with Gasteiger partial charge in [-0.15, -0.1) is 0 Å². The maximum Gasteiger partial charge on any atom is 0.307 e. The zero-order chi connectivity index (χ0) is 13.7. The number of aliphatic carboxylic acids is 1. The van der Waals surface area contributed by atoms with Crippen molar-refractivity contribution in [3.63, 3.8) is 0 Å². The maximum atomic E-state index is 11.2. The van der Waals surface area contributed by atoms with Crippen molar-refractivity contribution < 1.29 is 19.8 Å². The monoisotopic (exact) mass is 268 g/mol. The van der Waals surface area contributed by atoms with E-state index < -0.39 is 11.9 Å². The Kier molecular flexibility index (Phi) is 5.22. The van der Waals surface area contributed by atoms with Crippen LogP contribution in [0, 0.1) is 5.92 Å². The first-order valence-corrected chi connectivity index (χ1v) is 6.55. The minimum absolute atomic E-state index is 0.0841. The molecule has 0 radical (unpaired) electrons. The lowest BCUT2D eigenvalue weighted by molar-refractivity contribution is -0.141. The van der Waals surface area contributed by atoms with Gasteiger partial charge in [0.05, 0.1) is 5.92 Å². The van der Waals surface area contributed by atoms with Crippen LogP contribution < -0.4 is 0 Å².